The van der Waals surface area contributed by atoms with Gasteiger partial charge in [-0.15, -0.1) is 17.7 Å². The van der Waals surface area contributed by atoms with Crippen LogP contribution >= 0.6 is 0 Å². The fourth-order valence-corrected chi connectivity index (χ4v) is 4.42. The van der Waals surface area contributed by atoms with Gasteiger partial charge in [0, 0.05) is 78.2 Å². The van der Waals surface area contributed by atoms with E-state index in [1.807, 2.05) is 39.8 Å². The van der Waals surface area contributed by atoms with Crippen LogP contribution in [-0.4, -0.2) is 42.6 Å². The van der Waals surface area contributed by atoms with Gasteiger partial charge in [-0.1, -0.05) is 23.8 Å². The molecule has 0 fully saturated rings. The number of aliphatic imine (C=N–C) groups is 1. The van der Waals surface area contributed by atoms with Gasteiger partial charge in [0.2, 0.25) is 0 Å². The van der Waals surface area contributed by atoms with Crippen LogP contribution in [0.25, 0.3) is 6.08 Å². The normalized spacial score (nSPS) is 10.8. The maximum absolute atomic E-state index is 13.1. The monoisotopic (exact) mass is 665 g/mol. The first kappa shape index (κ1) is 36.9. The molecule has 0 aliphatic carbocycles. The number of hydrogen-bond acceptors (Lipinski definition) is 5. The fraction of sp³-hybridized carbons (Fsp3) is 0.229. The van der Waals surface area contributed by atoms with Crippen LogP contribution in [0.5, 0.6) is 11.5 Å². The molecule has 5 nitrogen and oxygen atoms in total. The summed E-state index contributed by atoms with van der Waals surface area (Å²) in [7, 11) is 0. The maximum atomic E-state index is 13.1. The van der Waals surface area contributed by atoms with E-state index >= 15 is 0 Å². The van der Waals surface area contributed by atoms with E-state index in [1.165, 1.54) is 24.4 Å². The molecule has 0 aromatic heterocycles. The second kappa shape index (κ2) is 17.9. The zero-order chi connectivity index (χ0) is 32.2. The van der Waals surface area contributed by atoms with Crippen molar-refractivity contribution in [3.8, 4) is 11.5 Å². The average Bonchev–Trinajstić information content (AvgIpc) is 2.97. The molecule has 0 unspecified atom stereocenters. The number of hydrogen-bond donors (Lipinski definition) is 2. The van der Waals surface area contributed by atoms with Crippen LogP contribution in [0.1, 0.15) is 44.4 Å². The number of phenolic OH excluding ortho intramolecular Hbond substituents is 2. The van der Waals surface area contributed by atoms with Gasteiger partial charge in [0.05, 0.1) is 23.1 Å². The van der Waals surface area contributed by atoms with Gasteiger partial charge >= 0.3 is 0 Å². The Balaban J connectivity index is 0.000000307. The summed E-state index contributed by atoms with van der Waals surface area (Å²) in [6.07, 6.45) is 5.68. The summed E-state index contributed by atoms with van der Waals surface area (Å²) >= 11 is 0. The topological polar surface area (TPSA) is 59.3 Å². The van der Waals surface area contributed by atoms with Gasteiger partial charge in [0.25, 0.3) is 0 Å². The molecule has 4 rings (SSSR count). The number of benzene rings is 4. The van der Waals surface area contributed by atoms with E-state index in [-0.39, 0.29) is 39.5 Å². The van der Waals surface area contributed by atoms with Gasteiger partial charge in [-0.2, -0.15) is 0 Å². The van der Waals surface area contributed by atoms with Crippen LogP contribution in [0.3, 0.4) is 0 Å². The summed E-state index contributed by atoms with van der Waals surface area (Å²) in [5, 5.41) is 20.1. The maximum Gasteiger partial charge on any atom is 0.128 e. The molecule has 241 valence electrons. The average molecular weight is 666 g/mol. The number of anilines is 2. The standard InChI is InChI=1S/C18H18F2NO.C17H18F2N2O.Co/c1-3-21(4-2)17-8-7-14(18(22)12-17)6-5-13-9-15(19)11-16(20)10-13;1-3-21(4-2)16-6-5-12(17(22)10-16)11-20-15-8-13(18)7-14(19)9-15;/h6-12,22H,3-4H2,1-2H3;5-11,22H,3-4H2,1-2H3;/q-1;;. The molecule has 0 atom stereocenters. The fourth-order valence-electron chi connectivity index (χ4n) is 4.42. The van der Waals surface area contributed by atoms with Crippen LogP contribution in [-0.2, 0) is 16.8 Å². The third-order valence-electron chi connectivity index (χ3n) is 6.74. The van der Waals surface area contributed by atoms with Crippen LogP contribution in [0.4, 0.5) is 34.6 Å². The molecule has 0 spiro atoms. The summed E-state index contributed by atoms with van der Waals surface area (Å²) in [6, 6.07) is 16.8. The van der Waals surface area contributed by atoms with Gasteiger partial charge in [-0.3, -0.25) is 4.99 Å². The van der Waals surface area contributed by atoms with E-state index in [4.69, 9.17) is 0 Å². The van der Waals surface area contributed by atoms with E-state index in [1.54, 1.807) is 24.3 Å². The SMILES string of the molecule is CCN(CC)c1ccc(C=Nc2cc(F)cc(F)c2)c(O)c1.CCN(CC)c1ccc(C=[C-]c2cc(F)cc(F)c2)c(O)c1.[Co]. The molecular weight excluding hydrogens is 629 g/mol. The van der Waals surface area contributed by atoms with Crippen molar-refractivity contribution >= 4 is 29.4 Å². The third-order valence-corrected chi connectivity index (χ3v) is 6.74. The Kier molecular flexibility index (Phi) is 14.7. The van der Waals surface area contributed by atoms with Gasteiger partial charge in [0.1, 0.15) is 17.4 Å². The zero-order valence-corrected chi connectivity index (χ0v) is 26.5. The molecule has 0 aliphatic rings. The van der Waals surface area contributed by atoms with Crippen LogP contribution in [0.15, 0.2) is 77.8 Å². The minimum absolute atomic E-state index is 0. The predicted molar refractivity (Wildman–Crippen MR) is 170 cm³/mol. The quantitative estimate of drug-likeness (QED) is 0.0771. The second-order valence-corrected chi connectivity index (χ2v) is 9.66. The Morgan fingerprint density at radius 1 is 0.622 bits per heavy atom. The Morgan fingerprint density at radius 2 is 1.04 bits per heavy atom. The molecule has 10 heteroatoms. The number of aromatic hydroxyl groups is 2. The molecule has 0 saturated heterocycles. The molecule has 0 saturated carbocycles. The second-order valence-electron chi connectivity index (χ2n) is 9.66. The molecular formula is C35H36CoF4N3O2-. The van der Waals surface area contributed by atoms with Crippen molar-refractivity contribution < 1.29 is 44.6 Å². The van der Waals surface area contributed by atoms with Crippen molar-refractivity contribution in [2.24, 2.45) is 4.99 Å². The molecule has 45 heavy (non-hydrogen) atoms. The van der Waals surface area contributed by atoms with Crippen molar-refractivity contribution in [1.82, 2.24) is 0 Å². The number of halogens is 4. The van der Waals surface area contributed by atoms with E-state index in [2.05, 4.69) is 20.9 Å². The smallest absolute Gasteiger partial charge is 0.128 e. The summed E-state index contributed by atoms with van der Waals surface area (Å²) < 4.78 is 52.4. The molecule has 2 N–H and O–H groups in total. The van der Waals surface area contributed by atoms with Gasteiger partial charge in [-0.05, 0) is 70.2 Å². The third kappa shape index (κ3) is 11.0. The molecule has 1 radical (unpaired) electrons. The van der Waals surface area contributed by atoms with E-state index in [0.29, 0.717) is 11.1 Å². The van der Waals surface area contributed by atoms with E-state index in [9.17, 15) is 27.8 Å². The van der Waals surface area contributed by atoms with Crippen molar-refractivity contribution in [2.45, 2.75) is 27.7 Å². The minimum Gasteiger partial charge on any atom is -0.517 e. The van der Waals surface area contributed by atoms with E-state index in [0.717, 1.165) is 61.8 Å². The summed E-state index contributed by atoms with van der Waals surface area (Å²) in [5.41, 5.74) is 3.31. The predicted octanol–water partition coefficient (Wildman–Crippen LogP) is 8.65. The van der Waals surface area contributed by atoms with Gasteiger partial charge in [0.15, 0.2) is 0 Å². The van der Waals surface area contributed by atoms with Crippen LogP contribution in [0.2, 0.25) is 0 Å². The Hall–Kier alpha value is -4.28. The van der Waals surface area contributed by atoms with Crippen molar-refractivity contribution in [1.29, 1.82) is 0 Å². The first-order valence-electron chi connectivity index (χ1n) is 14.3. The zero-order valence-electron chi connectivity index (χ0n) is 25.5. The molecule has 0 heterocycles. The summed E-state index contributed by atoms with van der Waals surface area (Å²) in [5.74, 6) is -2.51. The number of rotatable bonds is 10. The number of nitrogens with zero attached hydrogens (tertiary/aromatic N) is 3. The number of phenols is 2. The first-order chi connectivity index (χ1) is 21.1. The largest absolute Gasteiger partial charge is 0.517 e. The minimum atomic E-state index is -0.687. The first-order valence-corrected chi connectivity index (χ1v) is 14.3. The Labute approximate surface area is 272 Å². The van der Waals surface area contributed by atoms with Crippen LogP contribution < -0.4 is 9.80 Å². The van der Waals surface area contributed by atoms with Crippen molar-refractivity contribution in [3.63, 3.8) is 0 Å². The molecule has 0 bridgehead atoms. The van der Waals surface area contributed by atoms with Crippen molar-refractivity contribution in [3.05, 3.63) is 119 Å². The van der Waals surface area contributed by atoms with Crippen LogP contribution in [0, 0.1) is 29.3 Å². The molecule has 4 aromatic carbocycles. The summed E-state index contributed by atoms with van der Waals surface area (Å²) in [6.45, 7) is 11.5. The van der Waals surface area contributed by atoms with Gasteiger partial charge < -0.3 is 20.0 Å². The molecule has 0 amide bonds. The molecule has 0 aliphatic heterocycles. The van der Waals surface area contributed by atoms with E-state index < -0.39 is 23.3 Å². The Bertz CT molecular complexity index is 1450. The van der Waals surface area contributed by atoms with Crippen molar-refractivity contribution in [2.75, 3.05) is 36.0 Å². The Morgan fingerprint density at radius 3 is 1.47 bits per heavy atom. The summed E-state index contributed by atoms with van der Waals surface area (Å²) in [4.78, 5) is 8.21. The van der Waals surface area contributed by atoms with Gasteiger partial charge in [-0.25, -0.2) is 17.6 Å². The molecule has 4 aromatic rings.